The lowest BCUT2D eigenvalue weighted by Crippen LogP contribution is -2.45. The molecule has 1 rings (SSSR count). The Morgan fingerprint density at radius 2 is 1.89 bits per heavy atom. The third-order valence-electron chi connectivity index (χ3n) is 4.23. The summed E-state index contributed by atoms with van der Waals surface area (Å²) in [6.07, 6.45) is 0.0265. The highest BCUT2D eigenvalue weighted by Crippen LogP contribution is 2.43. The van der Waals surface area contributed by atoms with Gasteiger partial charge in [-0.1, -0.05) is 38.8 Å². The molecular formula is C15H26F3N. The summed E-state index contributed by atoms with van der Waals surface area (Å²) in [6, 6.07) is -0.0793. The van der Waals surface area contributed by atoms with Crippen LogP contribution in [0, 0.1) is 11.8 Å². The maximum atomic E-state index is 13.2. The van der Waals surface area contributed by atoms with Crippen molar-refractivity contribution in [1.29, 1.82) is 0 Å². The Morgan fingerprint density at radius 3 is 2.42 bits per heavy atom. The van der Waals surface area contributed by atoms with Crippen LogP contribution in [-0.4, -0.2) is 18.8 Å². The summed E-state index contributed by atoms with van der Waals surface area (Å²) in [5.41, 5.74) is 1.04. The Balaban J connectivity index is 2.81. The Morgan fingerprint density at radius 1 is 1.26 bits per heavy atom. The summed E-state index contributed by atoms with van der Waals surface area (Å²) >= 11 is 0. The number of hydrogen-bond acceptors (Lipinski definition) is 1. The standard InChI is InChI=1S/C15H26F3N/c1-4-11(3)10-14(19-5-2)12-8-6-7-9-13(12)15(16,17)18/h12-14,19H,3-10H2,1-2H3. The van der Waals surface area contributed by atoms with Gasteiger partial charge in [0.15, 0.2) is 0 Å². The molecule has 0 radical (unpaired) electrons. The molecular weight excluding hydrogens is 251 g/mol. The SMILES string of the molecule is C=C(CC)CC(NCC)C1CCCCC1C(F)(F)F. The Labute approximate surface area is 114 Å². The number of alkyl halides is 3. The number of rotatable bonds is 6. The zero-order valence-electron chi connectivity index (χ0n) is 12.0. The molecule has 0 aromatic rings. The average molecular weight is 277 g/mol. The normalized spacial score (nSPS) is 26.2. The van der Waals surface area contributed by atoms with Gasteiger partial charge in [0, 0.05) is 6.04 Å². The van der Waals surface area contributed by atoms with E-state index in [1.165, 1.54) is 0 Å². The largest absolute Gasteiger partial charge is 0.392 e. The summed E-state index contributed by atoms with van der Waals surface area (Å²) in [5.74, 6) is -1.44. The quantitative estimate of drug-likeness (QED) is 0.694. The smallest absolute Gasteiger partial charge is 0.314 e. The van der Waals surface area contributed by atoms with E-state index in [0.29, 0.717) is 25.8 Å². The van der Waals surface area contributed by atoms with Crippen molar-refractivity contribution in [2.75, 3.05) is 6.54 Å². The first-order valence-corrected chi connectivity index (χ1v) is 7.36. The molecule has 0 aliphatic heterocycles. The van der Waals surface area contributed by atoms with Crippen molar-refractivity contribution >= 4 is 0 Å². The van der Waals surface area contributed by atoms with Crippen LogP contribution in [0.15, 0.2) is 12.2 Å². The van der Waals surface area contributed by atoms with Crippen LogP contribution >= 0.6 is 0 Å². The molecule has 1 nitrogen and oxygen atoms in total. The van der Waals surface area contributed by atoms with Gasteiger partial charge in [-0.15, -0.1) is 0 Å². The van der Waals surface area contributed by atoms with Gasteiger partial charge in [0.25, 0.3) is 0 Å². The molecule has 0 spiro atoms. The van der Waals surface area contributed by atoms with Crippen LogP contribution in [0.3, 0.4) is 0 Å². The third kappa shape index (κ3) is 4.83. The molecule has 1 aliphatic rings. The second-order valence-electron chi connectivity index (χ2n) is 5.57. The monoisotopic (exact) mass is 277 g/mol. The molecule has 3 unspecified atom stereocenters. The van der Waals surface area contributed by atoms with Crippen LogP contribution in [0.25, 0.3) is 0 Å². The Bertz CT molecular complexity index is 286. The van der Waals surface area contributed by atoms with Crippen LogP contribution in [0.2, 0.25) is 0 Å². The minimum atomic E-state index is -4.06. The van der Waals surface area contributed by atoms with Gasteiger partial charge in [-0.3, -0.25) is 0 Å². The molecule has 19 heavy (non-hydrogen) atoms. The molecule has 0 aromatic heterocycles. The van der Waals surface area contributed by atoms with Gasteiger partial charge in [-0.25, -0.2) is 0 Å². The molecule has 1 saturated carbocycles. The summed E-state index contributed by atoms with van der Waals surface area (Å²) in [4.78, 5) is 0. The number of hydrogen-bond donors (Lipinski definition) is 1. The predicted molar refractivity (Wildman–Crippen MR) is 73.0 cm³/mol. The van der Waals surface area contributed by atoms with E-state index in [2.05, 4.69) is 11.9 Å². The van der Waals surface area contributed by atoms with Gasteiger partial charge in [0.2, 0.25) is 0 Å². The lowest BCUT2D eigenvalue weighted by molar-refractivity contribution is -0.199. The fourth-order valence-corrected chi connectivity index (χ4v) is 3.14. The summed E-state index contributed by atoms with van der Waals surface area (Å²) in [5, 5.41) is 3.26. The van der Waals surface area contributed by atoms with Crippen LogP contribution < -0.4 is 5.32 Å². The predicted octanol–water partition coefficient (Wildman–Crippen LogP) is 4.69. The minimum Gasteiger partial charge on any atom is -0.314 e. The van der Waals surface area contributed by atoms with E-state index in [-0.39, 0.29) is 18.4 Å². The molecule has 0 aromatic carbocycles. The van der Waals surface area contributed by atoms with Gasteiger partial charge >= 0.3 is 6.18 Å². The number of nitrogens with one attached hydrogen (secondary N) is 1. The highest BCUT2D eigenvalue weighted by Gasteiger charge is 2.47. The van der Waals surface area contributed by atoms with Crippen molar-refractivity contribution in [3.63, 3.8) is 0 Å². The Hall–Kier alpha value is -0.510. The molecule has 0 bridgehead atoms. The van der Waals surface area contributed by atoms with Gasteiger partial charge in [-0.05, 0) is 38.1 Å². The molecule has 1 aliphatic carbocycles. The van der Waals surface area contributed by atoms with E-state index in [1.807, 2.05) is 13.8 Å². The topological polar surface area (TPSA) is 12.0 Å². The Kier molecular flexibility index (Phi) is 6.37. The van der Waals surface area contributed by atoms with E-state index >= 15 is 0 Å². The minimum absolute atomic E-state index is 0.0793. The summed E-state index contributed by atoms with van der Waals surface area (Å²) in [6.45, 7) is 8.63. The summed E-state index contributed by atoms with van der Waals surface area (Å²) < 4.78 is 39.5. The molecule has 112 valence electrons. The maximum Gasteiger partial charge on any atom is 0.392 e. The second-order valence-corrected chi connectivity index (χ2v) is 5.57. The highest BCUT2D eigenvalue weighted by molar-refractivity contribution is 5.00. The zero-order valence-corrected chi connectivity index (χ0v) is 12.0. The first-order valence-electron chi connectivity index (χ1n) is 7.36. The van der Waals surface area contributed by atoms with Crippen LogP contribution in [-0.2, 0) is 0 Å². The van der Waals surface area contributed by atoms with Gasteiger partial charge in [-0.2, -0.15) is 13.2 Å². The molecule has 3 atom stereocenters. The maximum absolute atomic E-state index is 13.2. The molecule has 1 fully saturated rings. The lowest BCUT2D eigenvalue weighted by Gasteiger charge is -2.38. The van der Waals surface area contributed by atoms with E-state index in [9.17, 15) is 13.2 Å². The van der Waals surface area contributed by atoms with Gasteiger partial charge in [0.1, 0.15) is 0 Å². The van der Waals surface area contributed by atoms with Crippen LogP contribution in [0.4, 0.5) is 13.2 Å². The van der Waals surface area contributed by atoms with Crippen LogP contribution in [0.5, 0.6) is 0 Å². The third-order valence-corrected chi connectivity index (χ3v) is 4.23. The molecule has 0 saturated heterocycles. The van der Waals surface area contributed by atoms with Crippen molar-refractivity contribution in [2.24, 2.45) is 11.8 Å². The van der Waals surface area contributed by atoms with Crippen molar-refractivity contribution < 1.29 is 13.2 Å². The average Bonchev–Trinajstić information content (AvgIpc) is 2.37. The second kappa shape index (κ2) is 7.32. The van der Waals surface area contributed by atoms with E-state index in [4.69, 9.17) is 0 Å². The lowest BCUT2D eigenvalue weighted by atomic mass is 9.73. The summed E-state index contributed by atoms with van der Waals surface area (Å²) in [7, 11) is 0. The molecule has 0 amide bonds. The first-order chi connectivity index (χ1) is 8.90. The zero-order chi connectivity index (χ0) is 14.5. The molecule has 4 heteroatoms. The fourth-order valence-electron chi connectivity index (χ4n) is 3.14. The molecule has 1 N–H and O–H groups in total. The van der Waals surface area contributed by atoms with Crippen molar-refractivity contribution in [3.8, 4) is 0 Å². The molecule has 0 heterocycles. The highest BCUT2D eigenvalue weighted by atomic mass is 19.4. The van der Waals surface area contributed by atoms with Gasteiger partial charge in [0.05, 0.1) is 5.92 Å². The first kappa shape index (κ1) is 16.5. The fraction of sp³-hybridized carbons (Fsp3) is 0.867. The van der Waals surface area contributed by atoms with Gasteiger partial charge < -0.3 is 5.32 Å². The number of halogens is 3. The van der Waals surface area contributed by atoms with E-state index in [0.717, 1.165) is 18.4 Å². The van der Waals surface area contributed by atoms with Crippen molar-refractivity contribution in [3.05, 3.63) is 12.2 Å². The van der Waals surface area contributed by atoms with Crippen molar-refractivity contribution in [1.82, 2.24) is 5.32 Å². The van der Waals surface area contributed by atoms with E-state index < -0.39 is 12.1 Å². The van der Waals surface area contributed by atoms with Crippen molar-refractivity contribution in [2.45, 2.75) is 64.6 Å². The van der Waals surface area contributed by atoms with E-state index in [1.54, 1.807) is 0 Å². The van der Waals surface area contributed by atoms with Crippen LogP contribution in [0.1, 0.15) is 52.4 Å².